The van der Waals surface area contributed by atoms with Crippen LogP contribution in [0.2, 0.25) is 0 Å². The van der Waals surface area contributed by atoms with Crippen molar-refractivity contribution in [2.75, 3.05) is 18.4 Å². The highest BCUT2D eigenvalue weighted by Crippen LogP contribution is 2.29. The molecule has 2 heterocycles. The van der Waals surface area contributed by atoms with E-state index < -0.39 is 15.8 Å². The SMILES string of the molecule is O=C(Nc1ccc(SC(F)F)cc1)C1CCN(S(=O)(=O)c2cccc3nsnc23)CC1. The fourth-order valence-electron chi connectivity index (χ4n) is 3.45. The van der Waals surface area contributed by atoms with Crippen LogP contribution in [0.1, 0.15) is 12.8 Å². The lowest BCUT2D eigenvalue weighted by Gasteiger charge is -2.30. The van der Waals surface area contributed by atoms with Crippen molar-refractivity contribution >= 4 is 56.1 Å². The van der Waals surface area contributed by atoms with Gasteiger partial charge in [0.25, 0.3) is 5.76 Å². The number of fused-ring (bicyclic) bond motifs is 1. The smallest absolute Gasteiger partial charge is 0.288 e. The monoisotopic (exact) mass is 484 g/mol. The Bertz CT molecular complexity index is 1180. The van der Waals surface area contributed by atoms with E-state index >= 15 is 0 Å². The van der Waals surface area contributed by atoms with Gasteiger partial charge >= 0.3 is 0 Å². The van der Waals surface area contributed by atoms with Crippen LogP contribution in [0.25, 0.3) is 11.0 Å². The summed E-state index contributed by atoms with van der Waals surface area (Å²) in [7, 11) is -3.74. The molecule has 164 valence electrons. The van der Waals surface area contributed by atoms with Gasteiger partial charge in [-0.05, 0) is 49.2 Å². The Balaban J connectivity index is 1.38. The molecule has 31 heavy (non-hydrogen) atoms. The van der Waals surface area contributed by atoms with E-state index in [0.29, 0.717) is 46.2 Å². The number of rotatable bonds is 6. The van der Waals surface area contributed by atoms with Gasteiger partial charge in [-0.2, -0.15) is 21.8 Å². The van der Waals surface area contributed by atoms with Crippen molar-refractivity contribution in [1.82, 2.24) is 13.1 Å². The molecule has 2 aromatic carbocycles. The molecule has 3 aromatic rings. The molecule has 1 aliphatic heterocycles. The van der Waals surface area contributed by atoms with Gasteiger partial charge in [-0.1, -0.05) is 17.8 Å². The Morgan fingerprint density at radius 3 is 2.52 bits per heavy atom. The molecular formula is C19H18F2N4O3S3. The highest BCUT2D eigenvalue weighted by molar-refractivity contribution is 7.99. The number of carbonyl (C=O) groups excluding carboxylic acids is 1. The van der Waals surface area contributed by atoms with Gasteiger partial charge < -0.3 is 5.32 Å². The molecule has 12 heteroatoms. The van der Waals surface area contributed by atoms with Crippen LogP contribution in [0.15, 0.2) is 52.3 Å². The number of aromatic nitrogens is 2. The molecule has 1 aromatic heterocycles. The van der Waals surface area contributed by atoms with Gasteiger partial charge in [-0.3, -0.25) is 4.79 Å². The predicted molar refractivity (Wildman–Crippen MR) is 116 cm³/mol. The average Bonchev–Trinajstić information content (AvgIpc) is 3.23. The van der Waals surface area contributed by atoms with Gasteiger partial charge in [-0.25, -0.2) is 8.42 Å². The Morgan fingerprint density at radius 2 is 1.84 bits per heavy atom. The first-order valence-corrected chi connectivity index (χ1v) is 12.5. The summed E-state index contributed by atoms with van der Waals surface area (Å²) in [4.78, 5) is 13.1. The topological polar surface area (TPSA) is 92.3 Å². The second kappa shape index (κ2) is 9.15. The number of hydrogen-bond acceptors (Lipinski definition) is 7. The maximum atomic E-state index is 13.1. The van der Waals surface area contributed by atoms with Crippen molar-refractivity contribution in [3.05, 3.63) is 42.5 Å². The van der Waals surface area contributed by atoms with Crippen molar-refractivity contribution in [3.63, 3.8) is 0 Å². The lowest BCUT2D eigenvalue weighted by atomic mass is 9.97. The lowest BCUT2D eigenvalue weighted by Crippen LogP contribution is -2.41. The van der Waals surface area contributed by atoms with E-state index in [2.05, 4.69) is 14.1 Å². The van der Waals surface area contributed by atoms with Crippen LogP contribution in [0.3, 0.4) is 0 Å². The molecule has 0 radical (unpaired) electrons. The molecule has 0 atom stereocenters. The summed E-state index contributed by atoms with van der Waals surface area (Å²) in [6, 6.07) is 11.1. The molecule has 1 amide bonds. The molecule has 7 nitrogen and oxygen atoms in total. The van der Waals surface area contributed by atoms with Crippen LogP contribution in [0, 0.1) is 5.92 Å². The van der Waals surface area contributed by atoms with Crippen molar-refractivity contribution in [2.45, 2.75) is 28.4 Å². The maximum Gasteiger partial charge on any atom is 0.288 e. The number of carbonyl (C=O) groups is 1. The molecule has 0 saturated carbocycles. The fourth-order valence-corrected chi connectivity index (χ4v) is 6.17. The number of alkyl halides is 2. The number of benzene rings is 2. The van der Waals surface area contributed by atoms with Crippen molar-refractivity contribution in [2.24, 2.45) is 5.92 Å². The first-order chi connectivity index (χ1) is 14.8. The normalized spacial score (nSPS) is 16.1. The number of piperidine rings is 1. The summed E-state index contributed by atoms with van der Waals surface area (Å²) < 4.78 is 60.5. The largest absolute Gasteiger partial charge is 0.326 e. The van der Waals surface area contributed by atoms with Crippen molar-refractivity contribution in [3.8, 4) is 0 Å². The Morgan fingerprint density at radius 1 is 1.13 bits per heavy atom. The zero-order valence-electron chi connectivity index (χ0n) is 16.1. The number of sulfonamides is 1. The van der Waals surface area contributed by atoms with Crippen molar-refractivity contribution in [1.29, 1.82) is 0 Å². The van der Waals surface area contributed by atoms with E-state index in [1.165, 1.54) is 22.5 Å². The van der Waals surface area contributed by atoms with Crippen LogP contribution in [0.5, 0.6) is 0 Å². The molecule has 1 aliphatic rings. The number of hydrogen-bond donors (Lipinski definition) is 1. The summed E-state index contributed by atoms with van der Waals surface area (Å²) in [5, 5.41) is 2.78. The standard InChI is InChI=1S/C19H18F2N4O3S3/c20-19(21)29-14-6-4-13(5-7-14)22-18(26)12-8-10-25(11-9-12)31(27,28)16-3-1-2-15-17(16)24-30-23-15/h1-7,12,19H,8-11H2,(H,22,26). The number of nitrogens with one attached hydrogen (secondary N) is 1. The summed E-state index contributed by atoms with van der Waals surface area (Å²) in [5.41, 5.74) is 1.42. The van der Waals surface area contributed by atoms with Crippen LogP contribution in [0.4, 0.5) is 14.5 Å². The van der Waals surface area contributed by atoms with Gasteiger partial charge in [0.2, 0.25) is 15.9 Å². The minimum atomic E-state index is -3.74. The molecule has 0 bridgehead atoms. The molecule has 0 aliphatic carbocycles. The number of anilines is 1. The molecule has 0 unspecified atom stereocenters. The molecule has 0 spiro atoms. The highest BCUT2D eigenvalue weighted by atomic mass is 32.2. The molecule has 1 fully saturated rings. The number of halogens is 2. The minimum absolute atomic E-state index is 0.128. The first-order valence-electron chi connectivity index (χ1n) is 9.42. The quantitative estimate of drug-likeness (QED) is 0.531. The third-order valence-corrected chi connectivity index (χ3v) is 8.23. The van der Waals surface area contributed by atoms with Gasteiger partial charge in [0.05, 0.1) is 11.7 Å². The summed E-state index contributed by atoms with van der Waals surface area (Å²) in [6.45, 7) is 0.441. The lowest BCUT2D eigenvalue weighted by molar-refractivity contribution is -0.120. The number of thioether (sulfide) groups is 1. The number of amides is 1. The first kappa shape index (κ1) is 22.1. The summed E-state index contributed by atoms with van der Waals surface area (Å²) in [5.74, 6) is -3.05. The van der Waals surface area contributed by atoms with Crippen molar-refractivity contribution < 1.29 is 22.0 Å². The van der Waals surface area contributed by atoms with E-state index in [1.807, 2.05) is 0 Å². The molecule has 1 saturated heterocycles. The van der Waals surface area contributed by atoms with E-state index in [-0.39, 0.29) is 29.8 Å². The molecule has 1 N–H and O–H groups in total. The summed E-state index contributed by atoms with van der Waals surface area (Å²) >= 11 is 1.40. The number of nitrogens with zero attached hydrogens (tertiary/aromatic N) is 3. The second-order valence-corrected chi connectivity index (χ2v) is 10.5. The third kappa shape index (κ3) is 4.86. The van der Waals surface area contributed by atoms with Crippen LogP contribution < -0.4 is 5.32 Å². The Hall–Kier alpha value is -2.15. The highest BCUT2D eigenvalue weighted by Gasteiger charge is 2.33. The maximum absolute atomic E-state index is 13.1. The van der Waals surface area contributed by atoms with Gasteiger partial charge in [-0.15, -0.1) is 0 Å². The Labute approximate surface area is 186 Å². The average molecular weight is 485 g/mol. The van der Waals surface area contributed by atoms with E-state index in [9.17, 15) is 22.0 Å². The fraction of sp³-hybridized carbons (Fsp3) is 0.316. The summed E-state index contributed by atoms with van der Waals surface area (Å²) in [6.07, 6.45) is 0.769. The van der Waals surface area contributed by atoms with E-state index in [0.717, 1.165) is 11.7 Å². The van der Waals surface area contributed by atoms with E-state index in [1.54, 1.807) is 24.3 Å². The molecule has 4 rings (SSSR count). The minimum Gasteiger partial charge on any atom is -0.326 e. The van der Waals surface area contributed by atoms with E-state index in [4.69, 9.17) is 0 Å². The van der Waals surface area contributed by atoms with Gasteiger partial charge in [0.15, 0.2) is 0 Å². The zero-order chi connectivity index (χ0) is 22.0. The second-order valence-electron chi connectivity index (χ2n) is 6.96. The van der Waals surface area contributed by atoms with Crippen LogP contribution >= 0.6 is 23.5 Å². The van der Waals surface area contributed by atoms with Crippen LogP contribution in [-0.2, 0) is 14.8 Å². The third-order valence-electron chi connectivity index (χ3n) is 5.04. The van der Waals surface area contributed by atoms with Crippen LogP contribution in [-0.4, -0.2) is 46.2 Å². The Kier molecular flexibility index (Phi) is 6.51. The van der Waals surface area contributed by atoms with Gasteiger partial charge in [0, 0.05) is 29.6 Å². The molecular weight excluding hydrogens is 466 g/mol. The predicted octanol–water partition coefficient (Wildman–Crippen LogP) is 4.05. The van der Waals surface area contributed by atoms with Gasteiger partial charge in [0.1, 0.15) is 15.9 Å². The zero-order valence-corrected chi connectivity index (χ0v) is 18.5.